The number of thiol groups is 1. The van der Waals surface area contributed by atoms with Crippen LogP contribution in [0.15, 0.2) is 30.5 Å². The maximum Gasteiger partial charge on any atom is 0.327 e. The van der Waals surface area contributed by atoms with Gasteiger partial charge in [0.15, 0.2) is 0 Å². The minimum Gasteiger partial charge on any atom is -0.480 e. The Labute approximate surface area is 232 Å². The fourth-order valence-corrected chi connectivity index (χ4v) is 4.60. The number of carboxylic acids is 1. The lowest BCUT2D eigenvalue weighted by Crippen LogP contribution is -2.58. The largest absolute Gasteiger partial charge is 0.480 e. The molecule has 38 heavy (non-hydrogen) atoms. The molecule has 210 valence electrons. The van der Waals surface area contributed by atoms with Crippen molar-refractivity contribution in [3.05, 3.63) is 36.0 Å². The molecule has 0 radical (unpaired) electrons. The summed E-state index contributed by atoms with van der Waals surface area (Å²) >= 11 is 5.46. The van der Waals surface area contributed by atoms with E-state index in [2.05, 4.69) is 33.6 Å². The standard InChI is InChI=1S/C25H38N6O5S2/c1-38-11-9-19(23(33)31-21(14-37)25(35)36)29-24(34)20(30-22(32)17(27)7-4-5-10-26)12-15-13-28-18-8-3-2-6-16(15)18/h2-3,6,8,13,17,19-21,28,37H,4-5,7,9-12,14,26-27H2,1H3,(H,29,34)(H,30,32)(H,31,33)(H,35,36). The summed E-state index contributed by atoms with van der Waals surface area (Å²) in [7, 11) is 0. The van der Waals surface area contributed by atoms with E-state index in [1.165, 1.54) is 11.8 Å². The third-order valence-corrected chi connectivity index (χ3v) is 7.09. The fourth-order valence-electron chi connectivity index (χ4n) is 3.88. The van der Waals surface area contributed by atoms with Gasteiger partial charge in [-0.25, -0.2) is 4.79 Å². The first-order valence-corrected chi connectivity index (χ1v) is 14.5. The van der Waals surface area contributed by atoms with Crippen LogP contribution in [-0.4, -0.2) is 82.3 Å². The van der Waals surface area contributed by atoms with Crippen molar-refractivity contribution in [2.24, 2.45) is 11.5 Å². The minimum absolute atomic E-state index is 0.106. The second-order valence-corrected chi connectivity index (χ2v) is 10.3. The van der Waals surface area contributed by atoms with Crippen molar-refractivity contribution in [1.29, 1.82) is 0 Å². The smallest absolute Gasteiger partial charge is 0.327 e. The number of carbonyl (C=O) groups is 4. The number of hydrogen-bond donors (Lipinski definition) is 8. The van der Waals surface area contributed by atoms with E-state index in [1.807, 2.05) is 30.5 Å². The van der Waals surface area contributed by atoms with Crippen LogP contribution in [0.3, 0.4) is 0 Å². The van der Waals surface area contributed by atoms with Gasteiger partial charge in [0.25, 0.3) is 0 Å². The number of hydrogen-bond acceptors (Lipinski definition) is 8. The average Bonchev–Trinajstić information content (AvgIpc) is 3.31. The van der Waals surface area contributed by atoms with E-state index in [9.17, 15) is 24.3 Å². The third kappa shape index (κ3) is 9.53. The Hall–Kier alpha value is -2.74. The van der Waals surface area contributed by atoms with Gasteiger partial charge in [0.05, 0.1) is 6.04 Å². The highest BCUT2D eigenvalue weighted by Crippen LogP contribution is 2.19. The molecule has 0 aliphatic rings. The molecular formula is C25H38N6O5S2. The molecule has 2 aromatic rings. The van der Waals surface area contributed by atoms with E-state index in [0.29, 0.717) is 25.1 Å². The quantitative estimate of drug-likeness (QED) is 0.0995. The van der Waals surface area contributed by atoms with E-state index in [-0.39, 0.29) is 18.6 Å². The van der Waals surface area contributed by atoms with E-state index in [4.69, 9.17) is 11.5 Å². The van der Waals surface area contributed by atoms with Crippen molar-refractivity contribution in [3.8, 4) is 0 Å². The lowest BCUT2D eigenvalue weighted by Gasteiger charge is -2.25. The van der Waals surface area contributed by atoms with Gasteiger partial charge in [0.1, 0.15) is 18.1 Å². The molecule has 1 aromatic carbocycles. The number of rotatable bonds is 17. The molecule has 4 unspecified atom stereocenters. The van der Waals surface area contributed by atoms with E-state index >= 15 is 0 Å². The molecule has 1 heterocycles. The molecule has 3 amide bonds. The van der Waals surface area contributed by atoms with Gasteiger partial charge in [-0.2, -0.15) is 24.4 Å². The predicted octanol–water partition coefficient (Wildman–Crippen LogP) is 0.389. The Bertz CT molecular complexity index is 1080. The Morgan fingerprint density at radius 3 is 2.32 bits per heavy atom. The van der Waals surface area contributed by atoms with Crippen molar-refractivity contribution >= 4 is 59.0 Å². The van der Waals surface area contributed by atoms with Crippen molar-refractivity contribution < 1.29 is 24.3 Å². The number of thioether (sulfide) groups is 1. The number of carbonyl (C=O) groups excluding carboxylic acids is 3. The zero-order chi connectivity index (χ0) is 28.1. The molecule has 0 aliphatic heterocycles. The number of nitrogens with two attached hydrogens (primary N) is 2. The summed E-state index contributed by atoms with van der Waals surface area (Å²) in [5.41, 5.74) is 13.3. The number of aromatic amines is 1. The minimum atomic E-state index is -1.23. The number of nitrogens with one attached hydrogen (secondary N) is 4. The van der Waals surface area contributed by atoms with Gasteiger partial charge in [0, 0.05) is 29.3 Å². The first-order chi connectivity index (χ1) is 18.2. The van der Waals surface area contributed by atoms with Crippen LogP contribution in [-0.2, 0) is 25.6 Å². The number of para-hydroxylation sites is 1. The van der Waals surface area contributed by atoms with Gasteiger partial charge >= 0.3 is 5.97 Å². The molecule has 0 spiro atoms. The molecule has 4 atom stereocenters. The first kappa shape index (κ1) is 31.5. The first-order valence-electron chi connectivity index (χ1n) is 12.5. The maximum absolute atomic E-state index is 13.5. The number of unbranched alkanes of at least 4 members (excludes halogenated alkanes) is 1. The van der Waals surface area contributed by atoms with E-state index < -0.39 is 47.9 Å². The molecule has 0 saturated carbocycles. The van der Waals surface area contributed by atoms with Crippen LogP contribution in [0.4, 0.5) is 0 Å². The van der Waals surface area contributed by atoms with Crippen LogP contribution >= 0.6 is 24.4 Å². The molecule has 0 saturated heterocycles. The monoisotopic (exact) mass is 566 g/mol. The van der Waals surface area contributed by atoms with E-state index in [1.54, 1.807) is 6.20 Å². The fraction of sp³-hybridized carbons (Fsp3) is 0.520. The normalized spacial score (nSPS) is 14.3. The highest BCUT2D eigenvalue weighted by molar-refractivity contribution is 7.98. The molecule has 1 aromatic heterocycles. The van der Waals surface area contributed by atoms with Crippen LogP contribution in [0.25, 0.3) is 10.9 Å². The lowest BCUT2D eigenvalue weighted by atomic mass is 10.0. The van der Waals surface area contributed by atoms with Crippen LogP contribution < -0.4 is 27.4 Å². The van der Waals surface area contributed by atoms with Gasteiger partial charge in [-0.15, -0.1) is 0 Å². The molecule has 13 heteroatoms. The number of H-pyrrole nitrogens is 1. The van der Waals surface area contributed by atoms with Crippen LogP contribution in [0.2, 0.25) is 0 Å². The Kier molecular flexibility index (Phi) is 13.5. The highest BCUT2D eigenvalue weighted by Gasteiger charge is 2.30. The summed E-state index contributed by atoms with van der Waals surface area (Å²) in [6.45, 7) is 0.495. The summed E-state index contributed by atoms with van der Waals surface area (Å²) < 4.78 is 0. The number of benzene rings is 1. The molecule has 0 fully saturated rings. The second-order valence-electron chi connectivity index (χ2n) is 8.94. The van der Waals surface area contributed by atoms with Crippen molar-refractivity contribution in [3.63, 3.8) is 0 Å². The zero-order valence-corrected chi connectivity index (χ0v) is 23.2. The highest BCUT2D eigenvalue weighted by atomic mass is 32.2. The average molecular weight is 567 g/mol. The molecule has 0 bridgehead atoms. The lowest BCUT2D eigenvalue weighted by molar-refractivity contribution is -0.141. The molecule has 2 rings (SSSR count). The second kappa shape index (κ2) is 16.3. The van der Waals surface area contributed by atoms with Gasteiger partial charge < -0.3 is 37.5 Å². The Morgan fingerprint density at radius 2 is 1.66 bits per heavy atom. The molecular weight excluding hydrogens is 528 g/mol. The molecule has 11 nitrogen and oxygen atoms in total. The number of carboxylic acid groups (broad SMARTS) is 1. The van der Waals surface area contributed by atoms with Gasteiger partial charge in [-0.3, -0.25) is 14.4 Å². The molecule has 9 N–H and O–H groups in total. The summed E-state index contributed by atoms with van der Waals surface area (Å²) in [6.07, 6.45) is 5.89. The summed E-state index contributed by atoms with van der Waals surface area (Å²) in [5.74, 6) is -2.47. The maximum atomic E-state index is 13.5. The van der Waals surface area contributed by atoms with Gasteiger partial charge in [-0.05, 0) is 49.4 Å². The summed E-state index contributed by atoms with van der Waals surface area (Å²) in [4.78, 5) is 53.8. The SMILES string of the molecule is CSCCC(NC(=O)C(Cc1c[nH]c2ccccc12)NC(=O)C(N)CCCCN)C(=O)NC(CS)C(=O)O. The summed E-state index contributed by atoms with van der Waals surface area (Å²) in [6, 6.07) is 3.54. The topological polar surface area (TPSA) is 192 Å². The number of aromatic nitrogens is 1. The predicted molar refractivity (Wildman–Crippen MR) is 153 cm³/mol. The van der Waals surface area contributed by atoms with Crippen LogP contribution in [0.5, 0.6) is 0 Å². The number of amides is 3. The Morgan fingerprint density at radius 1 is 1.00 bits per heavy atom. The Balaban J connectivity index is 2.25. The zero-order valence-electron chi connectivity index (χ0n) is 21.4. The number of aliphatic carboxylic acids is 1. The summed E-state index contributed by atoms with van der Waals surface area (Å²) in [5, 5.41) is 18.1. The van der Waals surface area contributed by atoms with Gasteiger partial charge in [0.2, 0.25) is 17.7 Å². The van der Waals surface area contributed by atoms with Crippen molar-refractivity contribution in [1.82, 2.24) is 20.9 Å². The number of fused-ring (bicyclic) bond motifs is 1. The van der Waals surface area contributed by atoms with Crippen molar-refractivity contribution in [2.75, 3.05) is 24.3 Å². The van der Waals surface area contributed by atoms with Gasteiger partial charge in [-0.1, -0.05) is 24.6 Å². The van der Waals surface area contributed by atoms with E-state index in [0.717, 1.165) is 22.9 Å². The van der Waals surface area contributed by atoms with Crippen LogP contribution in [0.1, 0.15) is 31.2 Å². The van der Waals surface area contributed by atoms with Crippen LogP contribution in [0, 0.1) is 0 Å². The van der Waals surface area contributed by atoms with Crippen molar-refractivity contribution in [2.45, 2.75) is 56.3 Å². The third-order valence-electron chi connectivity index (χ3n) is 6.08. The molecule has 0 aliphatic carbocycles.